The summed E-state index contributed by atoms with van der Waals surface area (Å²) < 4.78 is 0. The van der Waals surface area contributed by atoms with Crippen molar-refractivity contribution < 1.29 is 5.11 Å². The SMILES string of the molecule is Cc1ccc(-c2cc(Nc3cc(C)ccc3O)nc(C)n2)cc1. The lowest BCUT2D eigenvalue weighted by atomic mass is 10.1. The molecule has 23 heavy (non-hydrogen) atoms. The number of anilines is 2. The van der Waals surface area contributed by atoms with Gasteiger partial charge in [0.05, 0.1) is 11.4 Å². The van der Waals surface area contributed by atoms with Gasteiger partial charge in [0.25, 0.3) is 0 Å². The van der Waals surface area contributed by atoms with Crippen molar-refractivity contribution in [3.63, 3.8) is 0 Å². The molecule has 1 heterocycles. The van der Waals surface area contributed by atoms with Crippen LogP contribution in [0.1, 0.15) is 17.0 Å². The molecule has 0 unspecified atom stereocenters. The summed E-state index contributed by atoms with van der Waals surface area (Å²) in [4.78, 5) is 8.91. The molecule has 4 heteroatoms. The maximum absolute atomic E-state index is 9.98. The second-order valence-electron chi connectivity index (χ2n) is 5.70. The van der Waals surface area contributed by atoms with E-state index in [0.717, 1.165) is 16.8 Å². The first-order chi connectivity index (χ1) is 11.0. The summed E-state index contributed by atoms with van der Waals surface area (Å²) >= 11 is 0. The molecule has 0 saturated heterocycles. The Labute approximate surface area is 135 Å². The van der Waals surface area contributed by atoms with Crippen molar-refractivity contribution in [1.29, 1.82) is 0 Å². The maximum atomic E-state index is 9.98. The fourth-order valence-electron chi connectivity index (χ4n) is 2.39. The van der Waals surface area contributed by atoms with Gasteiger partial charge in [-0.1, -0.05) is 35.9 Å². The fraction of sp³-hybridized carbons (Fsp3) is 0.158. The predicted octanol–water partition coefficient (Wildman–Crippen LogP) is 4.52. The number of hydrogen-bond donors (Lipinski definition) is 2. The van der Waals surface area contributed by atoms with E-state index >= 15 is 0 Å². The lowest BCUT2D eigenvalue weighted by Gasteiger charge is -2.11. The van der Waals surface area contributed by atoms with E-state index in [9.17, 15) is 5.11 Å². The first-order valence-corrected chi connectivity index (χ1v) is 7.50. The Morgan fingerprint density at radius 1 is 0.826 bits per heavy atom. The summed E-state index contributed by atoms with van der Waals surface area (Å²) in [6.07, 6.45) is 0. The van der Waals surface area contributed by atoms with Crippen LogP contribution in [0, 0.1) is 20.8 Å². The molecule has 0 saturated carbocycles. The molecule has 0 radical (unpaired) electrons. The molecule has 0 aliphatic rings. The average Bonchev–Trinajstić information content (AvgIpc) is 2.51. The molecule has 3 aromatic rings. The molecular formula is C19H19N3O. The summed E-state index contributed by atoms with van der Waals surface area (Å²) in [5.41, 5.74) is 4.81. The number of aromatic nitrogens is 2. The lowest BCUT2D eigenvalue weighted by molar-refractivity contribution is 0.477. The van der Waals surface area contributed by atoms with Gasteiger partial charge in [0.2, 0.25) is 0 Å². The first kappa shape index (κ1) is 15.0. The summed E-state index contributed by atoms with van der Waals surface area (Å²) in [5, 5.41) is 13.2. The highest BCUT2D eigenvalue weighted by Crippen LogP contribution is 2.28. The Balaban J connectivity index is 1.97. The molecular weight excluding hydrogens is 286 g/mol. The van der Waals surface area contributed by atoms with E-state index in [1.165, 1.54) is 5.56 Å². The predicted molar refractivity (Wildman–Crippen MR) is 93.1 cm³/mol. The molecule has 2 N–H and O–H groups in total. The van der Waals surface area contributed by atoms with Gasteiger partial charge in [-0.25, -0.2) is 9.97 Å². The minimum atomic E-state index is 0.198. The van der Waals surface area contributed by atoms with Gasteiger partial charge in [0.1, 0.15) is 17.4 Å². The maximum Gasteiger partial charge on any atom is 0.139 e. The number of nitrogens with one attached hydrogen (secondary N) is 1. The van der Waals surface area contributed by atoms with Gasteiger partial charge in [0, 0.05) is 11.6 Å². The number of aromatic hydroxyl groups is 1. The van der Waals surface area contributed by atoms with Crippen LogP contribution in [0.3, 0.4) is 0 Å². The molecule has 3 rings (SSSR count). The van der Waals surface area contributed by atoms with E-state index in [4.69, 9.17) is 0 Å². The van der Waals surface area contributed by atoms with Gasteiger partial charge in [-0.05, 0) is 38.5 Å². The van der Waals surface area contributed by atoms with E-state index in [1.807, 2.05) is 44.2 Å². The quantitative estimate of drug-likeness (QED) is 0.699. The van der Waals surface area contributed by atoms with Gasteiger partial charge in [-0.15, -0.1) is 0 Å². The van der Waals surface area contributed by atoms with E-state index in [2.05, 4.69) is 34.3 Å². The molecule has 0 amide bonds. The van der Waals surface area contributed by atoms with Gasteiger partial charge in [0.15, 0.2) is 0 Å². The Bertz CT molecular complexity index is 842. The van der Waals surface area contributed by atoms with Crippen molar-refractivity contribution in [2.75, 3.05) is 5.32 Å². The smallest absolute Gasteiger partial charge is 0.139 e. The Hall–Kier alpha value is -2.88. The Kier molecular flexibility index (Phi) is 3.98. The normalized spacial score (nSPS) is 10.6. The number of hydrogen-bond acceptors (Lipinski definition) is 4. The lowest BCUT2D eigenvalue weighted by Crippen LogP contribution is -1.99. The first-order valence-electron chi connectivity index (χ1n) is 7.50. The second-order valence-corrected chi connectivity index (χ2v) is 5.70. The number of phenolic OH excluding ortho intramolecular Hbond substituents is 1. The van der Waals surface area contributed by atoms with Crippen LogP contribution >= 0.6 is 0 Å². The van der Waals surface area contributed by atoms with Crippen molar-refractivity contribution in [1.82, 2.24) is 9.97 Å². The molecule has 0 atom stereocenters. The summed E-state index contributed by atoms with van der Waals surface area (Å²) in [5.74, 6) is 1.54. The molecule has 1 aromatic heterocycles. The van der Waals surface area contributed by atoms with E-state index in [1.54, 1.807) is 6.07 Å². The van der Waals surface area contributed by atoms with E-state index < -0.39 is 0 Å². The standard InChI is InChI=1S/C19H19N3O/c1-12-4-7-15(8-5-12)16-11-19(21-14(3)20-16)22-17-10-13(2)6-9-18(17)23/h4-11,23H,1-3H3,(H,20,21,22). The van der Waals surface area contributed by atoms with Gasteiger partial charge < -0.3 is 10.4 Å². The minimum absolute atomic E-state index is 0.198. The monoisotopic (exact) mass is 305 g/mol. The third kappa shape index (κ3) is 3.48. The van der Waals surface area contributed by atoms with Crippen molar-refractivity contribution >= 4 is 11.5 Å². The largest absolute Gasteiger partial charge is 0.506 e. The zero-order valence-electron chi connectivity index (χ0n) is 13.5. The van der Waals surface area contributed by atoms with Crippen molar-refractivity contribution in [2.45, 2.75) is 20.8 Å². The number of benzene rings is 2. The Morgan fingerprint density at radius 2 is 1.52 bits per heavy atom. The molecule has 0 aliphatic heterocycles. The fourth-order valence-corrected chi connectivity index (χ4v) is 2.39. The van der Waals surface area contributed by atoms with Crippen LogP contribution in [0.5, 0.6) is 5.75 Å². The van der Waals surface area contributed by atoms with Crippen LogP contribution in [-0.2, 0) is 0 Å². The topological polar surface area (TPSA) is 58.0 Å². The zero-order chi connectivity index (χ0) is 16.4. The van der Waals surface area contributed by atoms with Gasteiger partial charge in [-0.2, -0.15) is 0 Å². The summed E-state index contributed by atoms with van der Waals surface area (Å²) in [7, 11) is 0. The third-order valence-corrected chi connectivity index (χ3v) is 3.60. The second kappa shape index (κ2) is 6.08. The highest BCUT2D eigenvalue weighted by atomic mass is 16.3. The van der Waals surface area contributed by atoms with Gasteiger partial charge in [-0.3, -0.25) is 0 Å². The molecule has 0 aliphatic carbocycles. The Morgan fingerprint density at radius 3 is 2.26 bits per heavy atom. The van der Waals surface area contributed by atoms with E-state index in [0.29, 0.717) is 17.3 Å². The molecule has 116 valence electrons. The van der Waals surface area contributed by atoms with Crippen LogP contribution in [0.15, 0.2) is 48.5 Å². The molecule has 0 spiro atoms. The highest BCUT2D eigenvalue weighted by Gasteiger charge is 2.07. The van der Waals surface area contributed by atoms with Crippen LogP contribution in [0.4, 0.5) is 11.5 Å². The van der Waals surface area contributed by atoms with Crippen LogP contribution in [0.25, 0.3) is 11.3 Å². The van der Waals surface area contributed by atoms with Gasteiger partial charge >= 0.3 is 0 Å². The number of phenols is 1. The third-order valence-electron chi connectivity index (χ3n) is 3.60. The number of nitrogens with zero attached hydrogens (tertiary/aromatic N) is 2. The minimum Gasteiger partial charge on any atom is -0.506 e. The van der Waals surface area contributed by atoms with Crippen LogP contribution < -0.4 is 5.32 Å². The molecule has 2 aromatic carbocycles. The molecule has 0 fully saturated rings. The van der Waals surface area contributed by atoms with E-state index in [-0.39, 0.29) is 5.75 Å². The molecule has 4 nitrogen and oxygen atoms in total. The van der Waals surface area contributed by atoms with Crippen molar-refractivity contribution in [3.8, 4) is 17.0 Å². The summed E-state index contributed by atoms with van der Waals surface area (Å²) in [6, 6.07) is 15.5. The van der Waals surface area contributed by atoms with Crippen molar-refractivity contribution in [2.24, 2.45) is 0 Å². The van der Waals surface area contributed by atoms with Crippen LogP contribution in [0.2, 0.25) is 0 Å². The average molecular weight is 305 g/mol. The zero-order valence-corrected chi connectivity index (χ0v) is 13.5. The number of aryl methyl sites for hydroxylation is 3. The summed E-state index contributed by atoms with van der Waals surface area (Å²) in [6.45, 7) is 5.90. The molecule has 0 bridgehead atoms. The number of rotatable bonds is 3. The highest BCUT2D eigenvalue weighted by molar-refractivity contribution is 5.69. The van der Waals surface area contributed by atoms with Crippen molar-refractivity contribution in [3.05, 3.63) is 65.5 Å². The van der Waals surface area contributed by atoms with Crippen LogP contribution in [-0.4, -0.2) is 15.1 Å².